The summed E-state index contributed by atoms with van der Waals surface area (Å²) >= 11 is 1.68. The number of hydrogen-bond donors (Lipinski definition) is 1. The highest BCUT2D eigenvalue weighted by Gasteiger charge is 2.31. The number of thioether (sulfide) groups is 1. The van der Waals surface area contributed by atoms with Gasteiger partial charge in [-0.05, 0) is 61.8 Å². The lowest BCUT2D eigenvalue weighted by Crippen LogP contribution is -2.12. The fraction of sp³-hybridized carbons (Fsp3) is 0.480. The van der Waals surface area contributed by atoms with E-state index >= 15 is 0 Å². The number of alkyl halides is 3. The van der Waals surface area contributed by atoms with E-state index in [1.165, 1.54) is 6.08 Å². The number of rotatable bonds is 13. The van der Waals surface area contributed by atoms with E-state index in [-0.39, 0.29) is 18.9 Å². The highest BCUT2D eigenvalue weighted by atomic mass is 32.2. The lowest BCUT2D eigenvalue weighted by Gasteiger charge is -2.18. The first-order valence-electron chi connectivity index (χ1n) is 11.1. The van der Waals surface area contributed by atoms with Gasteiger partial charge in [0.25, 0.3) is 0 Å². The molecule has 0 heterocycles. The summed E-state index contributed by atoms with van der Waals surface area (Å²) < 4.78 is 49.9. The van der Waals surface area contributed by atoms with Crippen LogP contribution < -0.4 is 4.74 Å². The van der Waals surface area contributed by atoms with Crippen LogP contribution in [0, 0.1) is 12.8 Å². The van der Waals surface area contributed by atoms with Crippen LogP contribution in [0.4, 0.5) is 13.2 Å². The molecule has 0 aliphatic heterocycles. The number of aliphatic carboxylic acids is 1. The van der Waals surface area contributed by atoms with Crippen molar-refractivity contribution in [1.82, 2.24) is 0 Å². The van der Waals surface area contributed by atoms with Crippen molar-refractivity contribution in [2.75, 3.05) is 19.0 Å². The van der Waals surface area contributed by atoms with Gasteiger partial charge in [-0.2, -0.15) is 13.2 Å². The quantitative estimate of drug-likeness (QED) is 0.239. The third-order valence-corrected chi connectivity index (χ3v) is 6.32. The van der Waals surface area contributed by atoms with Gasteiger partial charge in [0.15, 0.2) is 6.61 Å². The van der Waals surface area contributed by atoms with Crippen molar-refractivity contribution >= 4 is 17.7 Å². The van der Waals surface area contributed by atoms with Crippen molar-refractivity contribution in [3.8, 4) is 5.75 Å². The Morgan fingerprint density at radius 1 is 1.18 bits per heavy atom. The fourth-order valence-electron chi connectivity index (χ4n) is 3.27. The largest absolute Gasteiger partial charge is 0.494 e. The first-order chi connectivity index (χ1) is 15.7. The van der Waals surface area contributed by atoms with Gasteiger partial charge in [-0.3, -0.25) is 0 Å². The second-order valence-corrected chi connectivity index (χ2v) is 9.02. The summed E-state index contributed by atoms with van der Waals surface area (Å²) in [7, 11) is 0. The van der Waals surface area contributed by atoms with Gasteiger partial charge in [0.1, 0.15) is 11.5 Å². The number of halogens is 3. The summed E-state index contributed by atoms with van der Waals surface area (Å²) in [6, 6.07) is 5.64. The zero-order valence-electron chi connectivity index (χ0n) is 19.0. The molecule has 1 unspecified atom stereocenters. The summed E-state index contributed by atoms with van der Waals surface area (Å²) in [4.78, 5) is 11.7. The maximum atomic E-state index is 12.9. The first-order valence-corrected chi connectivity index (χ1v) is 12.0. The van der Waals surface area contributed by atoms with E-state index in [4.69, 9.17) is 14.6 Å². The van der Waals surface area contributed by atoms with Crippen molar-refractivity contribution < 1.29 is 32.5 Å². The second kappa shape index (κ2) is 13.4. The van der Waals surface area contributed by atoms with Crippen molar-refractivity contribution in [3.05, 3.63) is 59.4 Å². The van der Waals surface area contributed by atoms with Crippen molar-refractivity contribution in [1.29, 1.82) is 0 Å². The SMILES string of the molecule is CCCCCC(COC1=CCC=C(C(F)(F)F)C=C1)CSc1ccc(OCC(=O)O)c(C)c1. The summed E-state index contributed by atoms with van der Waals surface area (Å²) in [5.41, 5.74) is 0.209. The van der Waals surface area contributed by atoms with Gasteiger partial charge in [0.05, 0.1) is 12.2 Å². The molecule has 1 aliphatic carbocycles. The molecule has 0 saturated carbocycles. The number of aryl methyl sites for hydroxylation is 1. The standard InChI is InChI=1S/C25H31F3O4S/c1-3-4-5-7-19(15-31-21-9-6-8-20(10-11-21)25(26,27)28)17-33-22-12-13-23(18(2)14-22)32-16-24(29)30/h8-14,19H,3-7,15-17H2,1-2H3,(H,29,30). The number of unbranched alkanes of at least 4 members (excludes halogenated alkanes) is 2. The molecule has 33 heavy (non-hydrogen) atoms. The molecule has 1 aliphatic rings. The Balaban J connectivity index is 1.93. The van der Waals surface area contributed by atoms with E-state index in [2.05, 4.69) is 6.92 Å². The van der Waals surface area contributed by atoms with Crippen molar-refractivity contribution in [2.45, 2.75) is 57.0 Å². The van der Waals surface area contributed by atoms with Gasteiger partial charge in [0, 0.05) is 16.6 Å². The molecule has 1 N–H and O–H groups in total. The lowest BCUT2D eigenvalue weighted by molar-refractivity contribution is -0.139. The number of carbonyl (C=O) groups is 1. The van der Waals surface area contributed by atoms with Crippen LogP contribution in [0.3, 0.4) is 0 Å². The molecule has 0 aromatic heterocycles. The van der Waals surface area contributed by atoms with E-state index in [1.807, 2.05) is 19.1 Å². The average molecular weight is 485 g/mol. The minimum absolute atomic E-state index is 0.183. The highest BCUT2D eigenvalue weighted by Crippen LogP contribution is 2.30. The number of ether oxygens (including phenoxy) is 2. The van der Waals surface area contributed by atoms with E-state index < -0.39 is 17.7 Å². The zero-order chi connectivity index (χ0) is 24.3. The Morgan fingerprint density at radius 2 is 1.97 bits per heavy atom. The Bertz CT molecular complexity index is 875. The van der Waals surface area contributed by atoms with E-state index in [0.717, 1.165) is 54.0 Å². The summed E-state index contributed by atoms with van der Waals surface area (Å²) in [5.74, 6) is 1.04. The molecular formula is C25H31F3O4S. The Hall–Kier alpha value is -2.35. The molecule has 8 heteroatoms. The fourth-order valence-corrected chi connectivity index (χ4v) is 4.38. The molecule has 1 atom stereocenters. The number of hydrogen-bond acceptors (Lipinski definition) is 4. The number of allylic oxidation sites excluding steroid dienone is 5. The molecule has 0 radical (unpaired) electrons. The Morgan fingerprint density at radius 3 is 2.64 bits per heavy atom. The number of carboxylic acid groups (broad SMARTS) is 1. The van der Waals surface area contributed by atoms with E-state index in [0.29, 0.717) is 18.1 Å². The summed E-state index contributed by atoms with van der Waals surface area (Å²) in [6.45, 7) is 4.07. The molecule has 0 fully saturated rings. The van der Waals surface area contributed by atoms with Gasteiger partial charge in [-0.25, -0.2) is 4.79 Å². The van der Waals surface area contributed by atoms with E-state index in [1.54, 1.807) is 23.9 Å². The third-order valence-electron chi connectivity index (χ3n) is 5.10. The highest BCUT2D eigenvalue weighted by molar-refractivity contribution is 7.99. The van der Waals surface area contributed by atoms with Crippen LogP contribution in [0.15, 0.2) is 58.7 Å². The Labute approximate surface area is 197 Å². The molecule has 0 amide bonds. The lowest BCUT2D eigenvalue weighted by atomic mass is 10.0. The second-order valence-electron chi connectivity index (χ2n) is 7.93. The minimum Gasteiger partial charge on any atom is -0.494 e. The van der Waals surface area contributed by atoms with Gasteiger partial charge < -0.3 is 14.6 Å². The van der Waals surface area contributed by atoms with Gasteiger partial charge in [0.2, 0.25) is 0 Å². The van der Waals surface area contributed by atoms with Crippen LogP contribution in [-0.2, 0) is 9.53 Å². The predicted octanol–water partition coefficient (Wildman–Crippen LogP) is 7.10. The molecule has 0 spiro atoms. The van der Waals surface area contributed by atoms with Crippen molar-refractivity contribution in [2.24, 2.45) is 5.92 Å². The van der Waals surface area contributed by atoms with Crippen LogP contribution in [0.1, 0.15) is 44.6 Å². The predicted molar refractivity (Wildman–Crippen MR) is 125 cm³/mol. The molecular weight excluding hydrogens is 453 g/mol. The van der Waals surface area contributed by atoms with Crippen LogP contribution in [0.25, 0.3) is 0 Å². The maximum absolute atomic E-state index is 12.9. The smallest absolute Gasteiger partial charge is 0.416 e. The first kappa shape index (κ1) is 26.9. The van der Waals surface area contributed by atoms with Gasteiger partial charge in [-0.1, -0.05) is 32.3 Å². The molecule has 1 aromatic rings. The average Bonchev–Trinajstić information content (AvgIpc) is 3.00. The third kappa shape index (κ3) is 9.98. The van der Waals surface area contributed by atoms with Gasteiger partial charge >= 0.3 is 12.1 Å². The summed E-state index contributed by atoms with van der Waals surface area (Å²) in [6.07, 6.45) is 5.39. The summed E-state index contributed by atoms with van der Waals surface area (Å²) in [5, 5.41) is 8.76. The van der Waals surface area contributed by atoms with Crippen LogP contribution >= 0.6 is 11.8 Å². The molecule has 4 nitrogen and oxygen atoms in total. The monoisotopic (exact) mass is 484 g/mol. The number of benzene rings is 1. The minimum atomic E-state index is -4.36. The molecule has 182 valence electrons. The van der Waals surface area contributed by atoms with Crippen LogP contribution in [-0.4, -0.2) is 36.2 Å². The van der Waals surface area contributed by atoms with Crippen molar-refractivity contribution in [3.63, 3.8) is 0 Å². The van der Waals surface area contributed by atoms with Crippen LogP contribution in [0.2, 0.25) is 0 Å². The molecule has 1 aromatic carbocycles. The Kier molecular flexibility index (Phi) is 10.9. The van der Waals surface area contributed by atoms with E-state index in [9.17, 15) is 18.0 Å². The van der Waals surface area contributed by atoms with Crippen LogP contribution in [0.5, 0.6) is 5.75 Å². The van der Waals surface area contributed by atoms with Gasteiger partial charge in [-0.15, -0.1) is 11.8 Å². The topological polar surface area (TPSA) is 55.8 Å². The normalized spacial score (nSPS) is 14.8. The molecule has 0 saturated heterocycles. The maximum Gasteiger partial charge on any atom is 0.416 e. The zero-order valence-corrected chi connectivity index (χ0v) is 19.8. The molecule has 2 rings (SSSR count). The molecule has 0 bridgehead atoms. The number of carboxylic acids is 1.